The fourth-order valence-corrected chi connectivity index (χ4v) is 2.18. The molecule has 0 heterocycles. The lowest BCUT2D eigenvalue weighted by molar-refractivity contribution is 0.262. The molecule has 2 amide bonds. The number of allylic oxidation sites excluding steroid dienone is 1. The molecule has 0 atom stereocenters. The summed E-state index contributed by atoms with van der Waals surface area (Å²) in [4.78, 5) is 12.1. The molecule has 2 aromatic carbocycles. The van der Waals surface area contributed by atoms with E-state index < -0.39 is 0 Å². The van der Waals surface area contributed by atoms with Gasteiger partial charge in [0.2, 0.25) is 0 Å². The summed E-state index contributed by atoms with van der Waals surface area (Å²) in [6, 6.07) is 13.4. The van der Waals surface area contributed by atoms with Gasteiger partial charge in [0.1, 0.15) is 0 Å². The van der Waals surface area contributed by atoms with Gasteiger partial charge in [-0.2, -0.15) is 0 Å². The van der Waals surface area contributed by atoms with Crippen LogP contribution in [0, 0.1) is 13.8 Å². The van der Waals surface area contributed by atoms with Crippen molar-refractivity contribution >= 4 is 23.5 Å². The largest absolute Gasteiger partial charge is 0.323 e. The number of hydrogen-bond acceptors (Lipinski definition) is 1. The molecule has 3 heteroatoms. The molecule has 0 aliphatic carbocycles. The molecule has 0 radical (unpaired) electrons. The number of carbonyl (C=O) groups is 1. The summed E-state index contributed by atoms with van der Waals surface area (Å²) in [5.74, 6) is 0. The van der Waals surface area contributed by atoms with Gasteiger partial charge in [0.05, 0.1) is 0 Å². The van der Waals surface area contributed by atoms with Gasteiger partial charge >= 0.3 is 6.03 Å². The minimum Gasteiger partial charge on any atom is -0.308 e. The van der Waals surface area contributed by atoms with E-state index in [0.29, 0.717) is 0 Å². The van der Waals surface area contributed by atoms with E-state index in [2.05, 4.69) is 29.7 Å². The maximum Gasteiger partial charge on any atom is 0.323 e. The summed E-state index contributed by atoms with van der Waals surface area (Å²) >= 11 is 0. The number of anilines is 2. The Bertz CT molecular complexity index is 690. The molecule has 0 aliphatic heterocycles. The van der Waals surface area contributed by atoms with E-state index >= 15 is 0 Å². The highest BCUT2D eigenvalue weighted by Crippen LogP contribution is 2.18. The molecule has 0 unspecified atom stereocenters. The number of hydrogen-bond donors (Lipinski definition) is 2. The van der Waals surface area contributed by atoms with Crippen LogP contribution in [0.2, 0.25) is 0 Å². The van der Waals surface area contributed by atoms with Crippen LogP contribution in [0.1, 0.15) is 30.0 Å². The first-order valence-electron chi connectivity index (χ1n) is 7.51. The van der Waals surface area contributed by atoms with E-state index in [1.807, 2.05) is 56.3 Å². The molecule has 0 saturated heterocycles. The van der Waals surface area contributed by atoms with Gasteiger partial charge in [-0.3, -0.25) is 0 Å². The van der Waals surface area contributed by atoms with Crippen LogP contribution in [0.3, 0.4) is 0 Å². The predicted octanol–water partition coefficient (Wildman–Crippen LogP) is 5.37. The standard InChI is InChI=1S/C19H22N2O/c1-4-5-9-16-11-12-17(13-15(16)3)20-19(22)21-18-10-7-6-8-14(18)2/h5-13H,4H2,1-3H3,(H2,20,21,22)/b9-5-. The summed E-state index contributed by atoms with van der Waals surface area (Å²) in [5, 5.41) is 5.73. The highest BCUT2D eigenvalue weighted by atomic mass is 16.2. The van der Waals surface area contributed by atoms with Crippen molar-refractivity contribution in [3.63, 3.8) is 0 Å². The summed E-state index contributed by atoms with van der Waals surface area (Å²) in [6.45, 7) is 6.12. The summed E-state index contributed by atoms with van der Waals surface area (Å²) in [6.07, 6.45) is 5.24. The average molecular weight is 294 g/mol. The molecule has 2 aromatic rings. The lowest BCUT2D eigenvalue weighted by Gasteiger charge is -2.11. The van der Waals surface area contributed by atoms with Crippen LogP contribution in [0.15, 0.2) is 48.5 Å². The Balaban J connectivity index is 2.04. The third-order valence-corrected chi connectivity index (χ3v) is 3.45. The third kappa shape index (κ3) is 4.22. The molecule has 0 aromatic heterocycles. The molecule has 3 nitrogen and oxygen atoms in total. The van der Waals surface area contributed by atoms with E-state index in [1.165, 1.54) is 5.56 Å². The van der Waals surface area contributed by atoms with Crippen molar-refractivity contribution in [2.75, 3.05) is 10.6 Å². The second-order valence-electron chi connectivity index (χ2n) is 5.28. The molecule has 22 heavy (non-hydrogen) atoms. The summed E-state index contributed by atoms with van der Waals surface area (Å²) < 4.78 is 0. The van der Waals surface area contributed by atoms with Crippen LogP contribution >= 0.6 is 0 Å². The van der Waals surface area contributed by atoms with Gasteiger partial charge in [0, 0.05) is 11.4 Å². The van der Waals surface area contributed by atoms with Gasteiger partial charge in [-0.25, -0.2) is 4.79 Å². The highest BCUT2D eigenvalue weighted by molar-refractivity contribution is 6.00. The number of aryl methyl sites for hydroxylation is 2. The fraction of sp³-hybridized carbons (Fsp3) is 0.211. The lowest BCUT2D eigenvalue weighted by Crippen LogP contribution is -2.20. The third-order valence-electron chi connectivity index (χ3n) is 3.45. The summed E-state index contributed by atoms with van der Waals surface area (Å²) in [5.41, 5.74) is 4.95. The SMILES string of the molecule is CC/C=C\c1ccc(NC(=O)Nc2ccccc2C)cc1C. The number of rotatable bonds is 4. The van der Waals surface area contributed by atoms with Gasteiger partial charge in [-0.05, 0) is 55.2 Å². The zero-order chi connectivity index (χ0) is 15.9. The van der Waals surface area contributed by atoms with E-state index in [4.69, 9.17) is 0 Å². The molecule has 2 rings (SSSR count). The zero-order valence-electron chi connectivity index (χ0n) is 13.3. The average Bonchev–Trinajstić information content (AvgIpc) is 2.49. The van der Waals surface area contributed by atoms with Crippen LogP contribution < -0.4 is 10.6 Å². The van der Waals surface area contributed by atoms with Crippen LogP contribution in [0.25, 0.3) is 6.08 Å². The van der Waals surface area contributed by atoms with Crippen molar-refractivity contribution in [1.29, 1.82) is 0 Å². The molecule has 114 valence electrons. The van der Waals surface area contributed by atoms with Gasteiger partial charge < -0.3 is 10.6 Å². The molecule has 0 spiro atoms. The molecule has 0 aliphatic rings. The molecule has 2 N–H and O–H groups in total. The van der Waals surface area contributed by atoms with Gasteiger partial charge in [0.25, 0.3) is 0 Å². The Labute approximate surface area is 132 Å². The first-order valence-corrected chi connectivity index (χ1v) is 7.51. The first kappa shape index (κ1) is 15.8. The Morgan fingerprint density at radius 1 is 1.05 bits per heavy atom. The van der Waals surface area contributed by atoms with Crippen molar-refractivity contribution in [2.45, 2.75) is 27.2 Å². The van der Waals surface area contributed by atoms with E-state index in [-0.39, 0.29) is 6.03 Å². The number of para-hydroxylation sites is 1. The van der Waals surface area contributed by atoms with Crippen LogP contribution in [-0.2, 0) is 0 Å². The normalized spacial score (nSPS) is 10.7. The van der Waals surface area contributed by atoms with E-state index in [1.54, 1.807) is 0 Å². The second kappa shape index (κ2) is 7.46. The first-order chi connectivity index (χ1) is 10.6. The number of benzene rings is 2. The van der Waals surface area contributed by atoms with Crippen LogP contribution in [0.5, 0.6) is 0 Å². The Morgan fingerprint density at radius 2 is 1.82 bits per heavy atom. The minimum atomic E-state index is -0.231. The number of urea groups is 1. The second-order valence-corrected chi connectivity index (χ2v) is 5.28. The van der Waals surface area contributed by atoms with Crippen molar-refractivity contribution < 1.29 is 4.79 Å². The van der Waals surface area contributed by atoms with Gasteiger partial charge in [-0.1, -0.05) is 43.3 Å². The topological polar surface area (TPSA) is 41.1 Å². The highest BCUT2D eigenvalue weighted by Gasteiger charge is 2.05. The predicted molar refractivity (Wildman–Crippen MR) is 94.3 cm³/mol. The van der Waals surface area contributed by atoms with Crippen LogP contribution in [0.4, 0.5) is 16.2 Å². The fourth-order valence-electron chi connectivity index (χ4n) is 2.18. The zero-order valence-corrected chi connectivity index (χ0v) is 13.3. The minimum absolute atomic E-state index is 0.231. The van der Waals surface area contributed by atoms with Crippen molar-refractivity contribution in [3.8, 4) is 0 Å². The Hall–Kier alpha value is -2.55. The Kier molecular flexibility index (Phi) is 5.37. The molecular formula is C19H22N2O. The smallest absolute Gasteiger partial charge is 0.308 e. The molecule has 0 saturated carbocycles. The molecular weight excluding hydrogens is 272 g/mol. The van der Waals surface area contributed by atoms with E-state index in [0.717, 1.165) is 28.9 Å². The monoisotopic (exact) mass is 294 g/mol. The summed E-state index contributed by atoms with van der Waals surface area (Å²) in [7, 11) is 0. The van der Waals surface area contributed by atoms with Crippen LogP contribution in [-0.4, -0.2) is 6.03 Å². The maximum absolute atomic E-state index is 12.1. The number of nitrogens with one attached hydrogen (secondary N) is 2. The van der Waals surface area contributed by atoms with Gasteiger partial charge in [-0.15, -0.1) is 0 Å². The maximum atomic E-state index is 12.1. The number of amides is 2. The molecule has 0 fully saturated rings. The quantitative estimate of drug-likeness (QED) is 0.782. The van der Waals surface area contributed by atoms with Crippen molar-refractivity contribution in [2.24, 2.45) is 0 Å². The molecule has 0 bridgehead atoms. The van der Waals surface area contributed by atoms with Crippen molar-refractivity contribution in [1.82, 2.24) is 0 Å². The number of carbonyl (C=O) groups excluding carboxylic acids is 1. The Morgan fingerprint density at radius 3 is 2.50 bits per heavy atom. The van der Waals surface area contributed by atoms with Gasteiger partial charge in [0.15, 0.2) is 0 Å². The van der Waals surface area contributed by atoms with Crippen molar-refractivity contribution in [3.05, 3.63) is 65.2 Å². The van der Waals surface area contributed by atoms with E-state index in [9.17, 15) is 4.79 Å². The lowest BCUT2D eigenvalue weighted by atomic mass is 10.1.